The second-order valence-electron chi connectivity index (χ2n) is 4.25. The van der Waals surface area contributed by atoms with Crippen LogP contribution in [0.15, 0.2) is 12.4 Å². The third kappa shape index (κ3) is 3.17. The van der Waals surface area contributed by atoms with E-state index < -0.39 is 0 Å². The Bertz CT molecular complexity index is 307. The summed E-state index contributed by atoms with van der Waals surface area (Å²) >= 11 is 0. The van der Waals surface area contributed by atoms with Crippen LogP contribution in [-0.2, 0) is 6.42 Å². The molecule has 0 bridgehead atoms. The molecular weight excluding hydrogens is 202 g/mol. The van der Waals surface area contributed by atoms with Gasteiger partial charge in [-0.1, -0.05) is 6.42 Å². The fourth-order valence-corrected chi connectivity index (χ4v) is 2.04. The van der Waals surface area contributed by atoms with E-state index in [0.717, 1.165) is 30.8 Å². The first-order valence-electron chi connectivity index (χ1n) is 6.06. The third-order valence-electron chi connectivity index (χ3n) is 2.90. The first-order chi connectivity index (χ1) is 7.88. The smallest absolute Gasteiger partial charge is 0.156 e. The number of nitrogens with zero attached hydrogens (tertiary/aromatic N) is 2. The van der Waals surface area contributed by atoms with Gasteiger partial charge in [-0.3, -0.25) is 0 Å². The fraction of sp³-hybridized carbons (Fsp3) is 0.667. The molecule has 2 rings (SSSR count). The second kappa shape index (κ2) is 5.80. The number of rotatable bonds is 4. The van der Waals surface area contributed by atoms with Crippen LogP contribution >= 0.6 is 0 Å². The largest absolute Gasteiger partial charge is 0.487 e. The van der Waals surface area contributed by atoms with E-state index in [-0.39, 0.29) is 0 Å². The molecule has 0 aliphatic heterocycles. The van der Waals surface area contributed by atoms with Crippen LogP contribution in [0.4, 0.5) is 0 Å². The van der Waals surface area contributed by atoms with Crippen molar-refractivity contribution in [3.05, 3.63) is 18.2 Å². The zero-order valence-corrected chi connectivity index (χ0v) is 9.56. The summed E-state index contributed by atoms with van der Waals surface area (Å²) in [5.41, 5.74) is 5.44. The number of hydrogen-bond acceptors (Lipinski definition) is 4. The zero-order valence-electron chi connectivity index (χ0n) is 9.56. The van der Waals surface area contributed by atoms with Crippen LogP contribution in [0.2, 0.25) is 0 Å². The van der Waals surface area contributed by atoms with E-state index in [0.29, 0.717) is 12.6 Å². The molecule has 0 unspecified atom stereocenters. The number of ether oxygens (including phenoxy) is 1. The first kappa shape index (κ1) is 11.3. The Kier molecular flexibility index (Phi) is 4.10. The van der Waals surface area contributed by atoms with Crippen molar-refractivity contribution in [3.8, 4) is 5.75 Å². The van der Waals surface area contributed by atoms with Gasteiger partial charge < -0.3 is 10.5 Å². The fourth-order valence-electron chi connectivity index (χ4n) is 2.04. The summed E-state index contributed by atoms with van der Waals surface area (Å²) < 4.78 is 5.83. The van der Waals surface area contributed by atoms with Gasteiger partial charge >= 0.3 is 0 Å². The molecule has 2 N–H and O–H groups in total. The van der Waals surface area contributed by atoms with Crippen molar-refractivity contribution in [2.75, 3.05) is 6.54 Å². The van der Waals surface area contributed by atoms with Crippen LogP contribution in [0.3, 0.4) is 0 Å². The molecule has 0 aromatic carbocycles. The van der Waals surface area contributed by atoms with E-state index in [1.807, 2.05) is 0 Å². The molecule has 4 nitrogen and oxygen atoms in total. The molecule has 1 fully saturated rings. The van der Waals surface area contributed by atoms with Gasteiger partial charge in [0.05, 0.1) is 18.5 Å². The molecule has 0 spiro atoms. The Balaban J connectivity index is 1.88. The molecular formula is C12H19N3O. The molecule has 0 amide bonds. The quantitative estimate of drug-likeness (QED) is 0.840. The van der Waals surface area contributed by atoms with Crippen LogP contribution in [-0.4, -0.2) is 22.6 Å². The van der Waals surface area contributed by atoms with Gasteiger partial charge in [-0.25, -0.2) is 9.97 Å². The summed E-state index contributed by atoms with van der Waals surface area (Å²) in [5, 5.41) is 0. The molecule has 1 heterocycles. The normalized spacial score (nSPS) is 17.3. The van der Waals surface area contributed by atoms with Crippen LogP contribution in [0, 0.1) is 0 Å². The summed E-state index contributed by atoms with van der Waals surface area (Å²) in [5.74, 6) is 1.58. The van der Waals surface area contributed by atoms with Gasteiger partial charge in [-0.05, 0) is 32.2 Å². The van der Waals surface area contributed by atoms with Crippen molar-refractivity contribution in [3.63, 3.8) is 0 Å². The van der Waals surface area contributed by atoms with Crippen molar-refractivity contribution in [2.24, 2.45) is 5.73 Å². The summed E-state index contributed by atoms with van der Waals surface area (Å²) in [6.07, 6.45) is 10.8. The standard InChI is InChI=1S/C12H19N3O/c13-7-6-12-14-8-11(9-15-12)16-10-4-2-1-3-5-10/h8-10H,1-7,13H2. The minimum atomic E-state index is 0.359. The molecule has 16 heavy (non-hydrogen) atoms. The Morgan fingerprint density at radius 3 is 2.50 bits per heavy atom. The van der Waals surface area contributed by atoms with E-state index >= 15 is 0 Å². The van der Waals surface area contributed by atoms with Crippen molar-refractivity contribution >= 4 is 0 Å². The van der Waals surface area contributed by atoms with Gasteiger partial charge in [-0.2, -0.15) is 0 Å². The highest BCUT2D eigenvalue weighted by Crippen LogP contribution is 2.22. The third-order valence-corrected chi connectivity index (χ3v) is 2.90. The van der Waals surface area contributed by atoms with Crippen LogP contribution in [0.1, 0.15) is 37.9 Å². The molecule has 4 heteroatoms. The Hall–Kier alpha value is -1.16. The SMILES string of the molecule is NCCc1ncc(OC2CCCCC2)cn1. The molecule has 1 aliphatic rings. The number of hydrogen-bond donors (Lipinski definition) is 1. The van der Waals surface area contributed by atoms with E-state index in [9.17, 15) is 0 Å². The first-order valence-corrected chi connectivity index (χ1v) is 6.06. The molecule has 0 radical (unpaired) electrons. The molecule has 88 valence electrons. The lowest BCUT2D eigenvalue weighted by Gasteiger charge is -2.22. The monoisotopic (exact) mass is 221 g/mol. The molecule has 1 aliphatic carbocycles. The summed E-state index contributed by atoms with van der Waals surface area (Å²) in [4.78, 5) is 8.44. The van der Waals surface area contributed by atoms with Crippen molar-refractivity contribution < 1.29 is 4.74 Å². The van der Waals surface area contributed by atoms with E-state index in [2.05, 4.69) is 9.97 Å². The van der Waals surface area contributed by atoms with E-state index in [4.69, 9.17) is 10.5 Å². The van der Waals surface area contributed by atoms with Crippen LogP contribution in [0.5, 0.6) is 5.75 Å². The van der Waals surface area contributed by atoms with Crippen molar-refractivity contribution in [2.45, 2.75) is 44.6 Å². The van der Waals surface area contributed by atoms with Crippen LogP contribution in [0.25, 0.3) is 0 Å². The summed E-state index contributed by atoms with van der Waals surface area (Å²) in [7, 11) is 0. The molecule has 0 atom stereocenters. The number of nitrogens with two attached hydrogens (primary N) is 1. The predicted octanol–water partition coefficient (Wildman–Crippen LogP) is 1.69. The van der Waals surface area contributed by atoms with Crippen molar-refractivity contribution in [1.82, 2.24) is 9.97 Å². The predicted molar refractivity (Wildman–Crippen MR) is 62.3 cm³/mol. The second-order valence-corrected chi connectivity index (χ2v) is 4.25. The van der Waals surface area contributed by atoms with Gasteiger partial charge in [-0.15, -0.1) is 0 Å². The molecule has 1 saturated carbocycles. The minimum absolute atomic E-state index is 0.359. The van der Waals surface area contributed by atoms with Crippen molar-refractivity contribution in [1.29, 1.82) is 0 Å². The van der Waals surface area contributed by atoms with Gasteiger partial charge in [0.2, 0.25) is 0 Å². The Morgan fingerprint density at radius 2 is 1.88 bits per heavy atom. The highest BCUT2D eigenvalue weighted by Gasteiger charge is 2.14. The average molecular weight is 221 g/mol. The maximum Gasteiger partial charge on any atom is 0.156 e. The highest BCUT2D eigenvalue weighted by molar-refractivity contribution is 5.13. The molecule has 0 saturated heterocycles. The van der Waals surface area contributed by atoms with E-state index in [1.165, 1.54) is 19.3 Å². The molecule has 1 aromatic rings. The Labute approximate surface area is 96.2 Å². The lowest BCUT2D eigenvalue weighted by molar-refractivity contribution is 0.153. The topological polar surface area (TPSA) is 61.0 Å². The maximum absolute atomic E-state index is 5.83. The van der Waals surface area contributed by atoms with Gasteiger partial charge in [0.1, 0.15) is 5.82 Å². The van der Waals surface area contributed by atoms with Gasteiger partial charge in [0.15, 0.2) is 5.75 Å². The highest BCUT2D eigenvalue weighted by atomic mass is 16.5. The lowest BCUT2D eigenvalue weighted by atomic mass is 9.98. The zero-order chi connectivity index (χ0) is 11.2. The summed E-state index contributed by atoms with van der Waals surface area (Å²) in [6, 6.07) is 0. The van der Waals surface area contributed by atoms with Crippen LogP contribution < -0.4 is 10.5 Å². The van der Waals surface area contributed by atoms with Gasteiger partial charge in [0.25, 0.3) is 0 Å². The maximum atomic E-state index is 5.83. The van der Waals surface area contributed by atoms with E-state index in [1.54, 1.807) is 12.4 Å². The summed E-state index contributed by atoms with van der Waals surface area (Å²) in [6.45, 7) is 0.586. The number of aromatic nitrogens is 2. The minimum Gasteiger partial charge on any atom is -0.487 e. The van der Waals surface area contributed by atoms with Gasteiger partial charge in [0, 0.05) is 6.42 Å². The molecule has 1 aromatic heterocycles. The lowest BCUT2D eigenvalue weighted by Crippen LogP contribution is -2.19. The average Bonchev–Trinajstić information content (AvgIpc) is 2.33. The Morgan fingerprint density at radius 1 is 1.19 bits per heavy atom.